The Hall–Kier alpha value is -3.62. The van der Waals surface area contributed by atoms with E-state index in [9.17, 15) is 9.59 Å². The van der Waals surface area contributed by atoms with Gasteiger partial charge in [0.1, 0.15) is 24.7 Å². The summed E-state index contributed by atoms with van der Waals surface area (Å²) in [7, 11) is 0. The zero-order chi connectivity index (χ0) is 24.4. The Morgan fingerprint density at radius 2 is 1.00 bits per heavy atom. The lowest BCUT2D eigenvalue weighted by atomic mass is 10.2. The summed E-state index contributed by atoms with van der Waals surface area (Å²) < 4.78 is 20.8. The first-order chi connectivity index (χ1) is 16.6. The Morgan fingerprint density at radius 1 is 0.618 bits per heavy atom. The lowest BCUT2D eigenvalue weighted by molar-refractivity contribution is -0.140. The second-order valence-corrected chi connectivity index (χ2v) is 6.99. The molecule has 0 heterocycles. The van der Waals surface area contributed by atoms with Crippen LogP contribution >= 0.6 is 0 Å². The molecular weight excluding hydrogens is 440 g/mol. The first-order valence-electron chi connectivity index (χ1n) is 11.0. The fourth-order valence-corrected chi connectivity index (χ4v) is 2.65. The Labute approximate surface area is 199 Å². The van der Waals surface area contributed by atoms with Crippen molar-refractivity contribution in [3.63, 3.8) is 0 Å². The number of ether oxygens (including phenoxy) is 4. The second-order valence-electron chi connectivity index (χ2n) is 6.99. The normalized spacial score (nSPS) is 11.0. The van der Waals surface area contributed by atoms with E-state index in [2.05, 4.69) is 0 Å². The molecule has 0 bridgehead atoms. The number of hydrogen-bond donors (Lipinski definition) is 2. The molecule has 8 nitrogen and oxygen atoms in total. The van der Waals surface area contributed by atoms with E-state index in [1.54, 1.807) is 60.7 Å². The van der Waals surface area contributed by atoms with Crippen molar-refractivity contribution >= 4 is 24.1 Å². The van der Waals surface area contributed by atoms with Crippen LogP contribution in [0.15, 0.2) is 60.7 Å². The molecule has 2 rings (SSSR count). The zero-order valence-electron chi connectivity index (χ0n) is 18.9. The van der Waals surface area contributed by atoms with Crippen molar-refractivity contribution in [2.24, 2.45) is 0 Å². The number of rotatable bonds is 15. The summed E-state index contributed by atoms with van der Waals surface area (Å²) in [4.78, 5) is 23.6. The average molecular weight is 471 g/mol. The molecule has 0 amide bonds. The van der Waals surface area contributed by atoms with E-state index in [1.807, 2.05) is 0 Å². The fraction of sp³-hybridized carbons (Fsp3) is 0.308. The minimum absolute atomic E-state index is 0.0495. The highest BCUT2D eigenvalue weighted by Crippen LogP contribution is 2.14. The van der Waals surface area contributed by atoms with Gasteiger partial charge in [-0.25, -0.2) is 9.59 Å². The minimum Gasteiger partial charge on any atom is -0.491 e. The summed E-state index contributed by atoms with van der Waals surface area (Å²) in [5.41, 5.74) is 1.64. The molecule has 0 radical (unpaired) electrons. The van der Waals surface area contributed by atoms with Crippen molar-refractivity contribution in [2.45, 2.75) is 12.8 Å². The Bertz CT molecular complexity index is 839. The van der Waals surface area contributed by atoms with Crippen LogP contribution in [-0.4, -0.2) is 61.8 Å². The van der Waals surface area contributed by atoms with E-state index in [0.717, 1.165) is 11.1 Å². The molecule has 34 heavy (non-hydrogen) atoms. The van der Waals surface area contributed by atoms with Crippen LogP contribution in [0.5, 0.6) is 11.5 Å². The molecule has 0 aliphatic rings. The quantitative estimate of drug-likeness (QED) is 0.232. The first-order valence-corrected chi connectivity index (χ1v) is 11.0. The fourth-order valence-electron chi connectivity index (χ4n) is 2.65. The van der Waals surface area contributed by atoms with Crippen LogP contribution in [0.3, 0.4) is 0 Å². The van der Waals surface area contributed by atoms with Crippen LogP contribution < -0.4 is 9.47 Å². The molecule has 2 aromatic rings. The van der Waals surface area contributed by atoms with E-state index in [0.29, 0.717) is 24.3 Å². The minimum atomic E-state index is -0.451. The molecule has 182 valence electrons. The van der Waals surface area contributed by atoms with Gasteiger partial charge in [-0.3, -0.25) is 0 Å². The smallest absolute Gasteiger partial charge is 0.330 e. The van der Waals surface area contributed by atoms with Crippen molar-refractivity contribution in [1.82, 2.24) is 0 Å². The third-order valence-corrected chi connectivity index (χ3v) is 4.33. The molecule has 0 unspecified atom stereocenters. The van der Waals surface area contributed by atoms with Crippen molar-refractivity contribution in [3.8, 4) is 11.5 Å². The van der Waals surface area contributed by atoms with Crippen LogP contribution in [0, 0.1) is 0 Å². The molecule has 0 saturated carbocycles. The number of aliphatic hydroxyl groups is 2. The Balaban J connectivity index is 1.56. The van der Waals surface area contributed by atoms with Gasteiger partial charge in [0, 0.05) is 12.2 Å². The summed E-state index contributed by atoms with van der Waals surface area (Å²) in [5.74, 6) is 0.384. The topological polar surface area (TPSA) is 112 Å². The molecule has 8 heteroatoms. The van der Waals surface area contributed by atoms with Gasteiger partial charge in [-0.15, -0.1) is 0 Å². The van der Waals surface area contributed by atoms with Crippen molar-refractivity contribution in [2.75, 3.05) is 39.6 Å². The summed E-state index contributed by atoms with van der Waals surface area (Å²) in [6, 6.07) is 14.2. The largest absolute Gasteiger partial charge is 0.491 e. The van der Waals surface area contributed by atoms with Gasteiger partial charge in [0.05, 0.1) is 26.4 Å². The highest BCUT2D eigenvalue weighted by Gasteiger charge is 2.01. The van der Waals surface area contributed by atoms with Crippen molar-refractivity contribution in [3.05, 3.63) is 71.8 Å². The van der Waals surface area contributed by atoms with Crippen LogP contribution in [-0.2, 0) is 19.1 Å². The number of hydrogen-bond acceptors (Lipinski definition) is 8. The third-order valence-electron chi connectivity index (χ3n) is 4.33. The van der Waals surface area contributed by atoms with Gasteiger partial charge < -0.3 is 29.2 Å². The monoisotopic (exact) mass is 470 g/mol. The van der Waals surface area contributed by atoms with E-state index < -0.39 is 11.9 Å². The molecular formula is C26H30O8. The highest BCUT2D eigenvalue weighted by atomic mass is 16.5. The van der Waals surface area contributed by atoms with Crippen molar-refractivity contribution < 1.29 is 38.7 Å². The van der Waals surface area contributed by atoms with Gasteiger partial charge in [0.15, 0.2) is 0 Å². The second kappa shape index (κ2) is 16.1. The van der Waals surface area contributed by atoms with Crippen molar-refractivity contribution in [1.29, 1.82) is 0 Å². The maximum Gasteiger partial charge on any atom is 0.330 e. The number of carbonyl (C=O) groups is 2. The number of aliphatic hydroxyl groups excluding tert-OH is 2. The molecule has 2 aromatic carbocycles. The molecule has 0 aliphatic heterocycles. The molecule has 2 N–H and O–H groups in total. The summed E-state index contributed by atoms with van der Waals surface area (Å²) in [6.07, 6.45) is 7.12. The predicted molar refractivity (Wildman–Crippen MR) is 127 cm³/mol. The summed E-state index contributed by atoms with van der Waals surface area (Å²) in [5, 5.41) is 17.5. The lowest BCUT2D eigenvalue weighted by Gasteiger charge is -2.04. The highest BCUT2D eigenvalue weighted by molar-refractivity contribution is 5.87. The number of carbonyl (C=O) groups excluding carboxylic acids is 2. The summed E-state index contributed by atoms with van der Waals surface area (Å²) >= 11 is 0. The van der Waals surface area contributed by atoms with Gasteiger partial charge in [-0.05, 0) is 60.4 Å². The molecule has 0 aliphatic carbocycles. The van der Waals surface area contributed by atoms with E-state index >= 15 is 0 Å². The van der Waals surface area contributed by atoms with Crippen LogP contribution in [0.2, 0.25) is 0 Å². The lowest BCUT2D eigenvalue weighted by Crippen LogP contribution is -2.06. The summed E-state index contributed by atoms with van der Waals surface area (Å²) in [6.45, 7) is 0.827. The molecule has 0 fully saturated rings. The van der Waals surface area contributed by atoms with Gasteiger partial charge in [-0.1, -0.05) is 24.3 Å². The SMILES string of the molecule is O=C(C=Cc1ccc(OCCO)cc1)OCCCCOC(=O)C=Cc1ccc(OCCO)cc1. The van der Waals surface area contributed by atoms with E-state index in [1.165, 1.54) is 12.2 Å². The zero-order valence-corrected chi connectivity index (χ0v) is 18.9. The number of benzene rings is 2. The molecule has 0 aromatic heterocycles. The van der Waals surface area contributed by atoms with E-state index in [-0.39, 0.29) is 39.6 Å². The molecule has 0 atom stereocenters. The molecule has 0 saturated heterocycles. The van der Waals surface area contributed by atoms with E-state index in [4.69, 9.17) is 29.2 Å². The maximum absolute atomic E-state index is 11.8. The van der Waals surface area contributed by atoms with Gasteiger partial charge in [0.2, 0.25) is 0 Å². The number of unbranched alkanes of at least 4 members (excludes halogenated alkanes) is 1. The van der Waals surface area contributed by atoms with Crippen LogP contribution in [0.1, 0.15) is 24.0 Å². The van der Waals surface area contributed by atoms with Crippen LogP contribution in [0.25, 0.3) is 12.2 Å². The molecule has 0 spiro atoms. The van der Waals surface area contributed by atoms with Gasteiger partial charge in [0.25, 0.3) is 0 Å². The first kappa shape index (κ1) is 26.6. The van der Waals surface area contributed by atoms with Crippen LogP contribution in [0.4, 0.5) is 0 Å². The standard InChI is InChI=1S/C26H30O8/c27-15-19-31-23-9-3-21(4-10-23)7-13-25(29)33-17-1-2-18-34-26(30)14-8-22-5-11-24(12-6-22)32-20-16-28/h3-14,27-28H,1-2,15-20H2. The van der Waals surface area contributed by atoms with Gasteiger partial charge >= 0.3 is 11.9 Å². The maximum atomic E-state index is 11.8. The number of esters is 2. The Kier molecular flexibility index (Phi) is 12.6. The average Bonchev–Trinajstić information content (AvgIpc) is 2.87. The Morgan fingerprint density at radius 3 is 1.35 bits per heavy atom. The third kappa shape index (κ3) is 11.3. The van der Waals surface area contributed by atoms with Gasteiger partial charge in [-0.2, -0.15) is 0 Å². The predicted octanol–water partition coefficient (Wildman–Crippen LogP) is 3.02.